The highest BCUT2D eigenvalue weighted by Gasteiger charge is 2.09. The molecule has 1 aromatic carbocycles. The van der Waals surface area contributed by atoms with Crippen molar-refractivity contribution in [3.8, 4) is 0 Å². The van der Waals surface area contributed by atoms with Gasteiger partial charge in [-0.05, 0) is 34.1 Å². The Morgan fingerprint density at radius 3 is 3.06 bits per heavy atom. The average Bonchev–Trinajstić information content (AvgIpc) is 2.85. The third kappa shape index (κ3) is 3.10. The van der Waals surface area contributed by atoms with Crippen LogP contribution in [-0.4, -0.2) is 22.4 Å². The van der Waals surface area contributed by atoms with E-state index in [2.05, 4.69) is 31.2 Å². The first-order valence-corrected chi connectivity index (χ1v) is 6.26. The standard InChI is InChI=1S/C12H13BrN4O/c13-11-2-1-8(14)5-10(11)12(18)16-4-3-9-6-15-7-17-9/h1-2,5-7H,3-4,14H2,(H,15,17)(H,16,18). The lowest BCUT2D eigenvalue weighted by atomic mass is 10.2. The van der Waals surface area contributed by atoms with E-state index in [-0.39, 0.29) is 5.91 Å². The molecule has 6 heteroatoms. The number of anilines is 1. The zero-order valence-corrected chi connectivity index (χ0v) is 11.2. The van der Waals surface area contributed by atoms with Crippen LogP contribution in [0.4, 0.5) is 5.69 Å². The Bertz CT molecular complexity index is 539. The molecule has 94 valence electrons. The molecule has 0 aliphatic carbocycles. The lowest BCUT2D eigenvalue weighted by Gasteiger charge is -2.07. The Balaban J connectivity index is 1.93. The third-order valence-electron chi connectivity index (χ3n) is 2.47. The van der Waals surface area contributed by atoms with E-state index in [0.29, 0.717) is 24.2 Å². The van der Waals surface area contributed by atoms with Crippen LogP contribution in [0.2, 0.25) is 0 Å². The van der Waals surface area contributed by atoms with Crippen LogP contribution >= 0.6 is 15.9 Å². The summed E-state index contributed by atoms with van der Waals surface area (Å²) in [5.41, 5.74) is 7.75. The van der Waals surface area contributed by atoms with E-state index >= 15 is 0 Å². The molecule has 0 bridgehead atoms. The number of nitrogens with one attached hydrogen (secondary N) is 2. The number of amides is 1. The van der Waals surface area contributed by atoms with E-state index in [9.17, 15) is 4.79 Å². The molecule has 0 saturated carbocycles. The SMILES string of the molecule is Nc1ccc(Br)c(C(=O)NCCc2cnc[nH]2)c1. The summed E-state index contributed by atoms with van der Waals surface area (Å²) in [7, 11) is 0. The van der Waals surface area contributed by atoms with Crippen LogP contribution in [0.15, 0.2) is 35.2 Å². The Hall–Kier alpha value is -1.82. The van der Waals surface area contributed by atoms with E-state index < -0.39 is 0 Å². The summed E-state index contributed by atoms with van der Waals surface area (Å²) in [6, 6.07) is 5.15. The molecule has 1 amide bonds. The molecule has 1 heterocycles. The molecule has 0 radical (unpaired) electrons. The van der Waals surface area contributed by atoms with Gasteiger partial charge in [-0.2, -0.15) is 0 Å². The van der Waals surface area contributed by atoms with Gasteiger partial charge in [0.25, 0.3) is 5.91 Å². The number of carbonyl (C=O) groups is 1. The number of H-pyrrole nitrogens is 1. The van der Waals surface area contributed by atoms with Crippen molar-refractivity contribution in [3.05, 3.63) is 46.5 Å². The third-order valence-corrected chi connectivity index (χ3v) is 3.16. The van der Waals surface area contributed by atoms with Crippen LogP contribution in [0.1, 0.15) is 16.1 Å². The molecule has 0 aliphatic rings. The number of aromatic amines is 1. The largest absolute Gasteiger partial charge is 0.399 e. The van der Waals surface area contributed by atoms with Gasteiger partial charge in [-0.3, -0.25) is 4.79 Å². The first-order chi connectivity index (χ1) is 8.66. The molecule has 4 N–H and O–H groups in total. The maximum Gasteiger partial charge on any atom is 0.252 e. The molecule has 18 heavy (non-hydrogen) atoms. The number of hydrogen-bond donors (Lipinski definition) is 3. The van der Waals surface area contributed by atoms with E-state index in [1.54, 1.807) is 30.7 Å². The Kier molecular flexibility index (Phi) is 3.99. The van der Waals surface area contributed by atoms with Gasteiger partial charge in [0.2, 0.25) is 0 Å². The second kappa shape index (κ2) is 5.68. The Labute approximate surface area is 113 Å². The lowest BCUT2D eigenvalue weighted by Crippen LogP contribution is -2.26. The number of halogens is 1. The summed E-state index contributed by atoms with van der Waals surface area (Å²) >= 11 is 3.33. The maximum atomic E-state index is 11.9. The van der Waals surface area contributed by atoms with E-state index in [1.807, 2.05) is 0 Å². The number of imidazole rings is 1. The average molecular weight is 309 g/mol. The van der Waals surface area contributed by atoms with Crippen LogP contribution in [0, 0.1) is 0 Å². The van der Waals surface area contributed by atoms with Crippen molar-refractivity contribution in [1.29, 1.82) is 0 Å². The molecule has 0 atom stereocenters. The van der Waals surface area contributed by atoms with Gasteiger partial charge in [-0.25, -0.2) is 4.98 Å². The number of aromatic nitrogens is 2. The van der Waals surface area contributed by atoms with Crippen LogP contribution in [0.5, 0.6) is 0 Å². The second-order valence-electron chi connectivity index (χ2n) is 3.82. The smallest absolute Gasteiger partial charge is 0.252 e. The highest BCUT2D eigenvalue weighted by atomic mass is 79.9. The minimum absolute atomic E-state index is 0.145. The van der Waals surface area contributed by atoms with Crippen LogP contribution in [0.3, 0.4) is 0 Å². The fraction of sp³-hybridized carbons (Fsp3) is 0.167. The van der Waals surface area contributed by atoms with Gasteiger partial charge in [0.1, 0.15) is 0 Å². The van der Waals surface area contributed by atoms with Crippen molar-refractivity contribution in [3.63, 3.8) is 0 Å². The van der Waals surface area contributed by atoms with Gasteiger partial charge in [-0.1, -0.05) is 0 Å². The number of hydrogen-bond acceptors (Lipinski definition) is 3. The highest BCUT2D eigenvalue weighted by Crippen LogP contribution is 2.19. The monoisotopic (exact) mass is 308 g/mol. The van der Waals surface area contributed by atoms with Gasteiger partial charge in [0.15, 0.2) is 0 Å². The van der Waals surface area contributed by atoms with Crippen LogP contribution in [0.25, 0.3) is 0 Å². The number of rotatable bonds is 4. The predicted molar refractivity (Wildman–Crippen MR) is 73.2 cm³/mol. The molecule has 0 spiro atoms. The van der Waals surface area contributed by atoms with Crippen molar-refractivity contribution in [2.24, 2.45) is 0 Å². The molecule has 0 saturated heterocycles. The van der Waals surface area contributed by atoms with E-state index in [4.69, 9.17) is 5.73 Å². The summed E-state index contributed by atoms with van der Waals surface area (Å²) in [4.78, 5) is 18.8. The van der Waals surface area contributed by atoms with E-state index in [0.717, 1.165) is 10.2 Å². The number of nitrogens with zero attached hydrogens (tertiary/aromatic N) is 1. The molecule has 2 aromatic rings. The van der Waals surface area contributed by atoms with Gasteiger partial charge >= 0.3 is 0 Å². The van der Waals surface area contributed by atoms with Crippen LogP contribution in [-0.2, 0) is 6.42 Å². The zero-order chi connectivity index (χ0) is 13.0. The normalized spacial score (nSPS) is 10.3. The molecule has 0 fully saturated rings. The summed E-state index contributed by atoms with van der Waals surface area (Å²) in [5, 5.41) is 2.83. The van der Waals surface area contributed by atoms with Gasteiger partial charge < -0.3 is 16.0 Å². The molecule has 1 aromatic heterocycles. The van der Waals surface area contributed by atoms with Crippen molar-refractivity contribution in [2.75, 3.05) is 12.3 Å². The fourth-order valence-electron chi connectivity index (χ4n) is 1.54. The first kappa shape index (κ1) is 12.6. The minimum atomic E-state index is -0.145. The van der Waals surface area contributed by atoms with Gasteiger partial charge in [-0.15, -0.1) is 0 Å². The number of nitrogens with two attached hydrogens (primary N) is 1. The van der Waals surface area contributed by atoms with Crippen molar-refractivity contribution in [1.82, 2.24) is 15.3 Å². The quantitative estimate of drug-likeness (QED) is 0.752. The first-order valence-electron chi connectivity index (χ1n) is 5.47. The molecule has 2 rings (SSSR count). The Morgan fingerprint density at radius 2 is 2.33 bits per heavy atom. The molecule has 5 nitrogen and oxygen atoms in total. The maximum absolute atomic E-state index is 11.9. The summed E-state index contributed by atoms with van der Waals surface area (Å²) in [6.07, 6.45) is 4.07. The molecule has 0 unspecified atom stereocenters. The second-order valence-corrected chi connectivity index (χ2v) is 4.68. The topological polar surface area (TPSA) is 83.8 Å². The number of benzene rings is 1. The van der Waals surface area contributed by atoms with Crippen molar-refractivity contribution >= 4 is 27.5 Å². The number of carbonyl (C=O) groups excluding carboxylic acids is 1. The molecular weight excluding hydrogens is 296 g/mol. The summed E-state index contributed by atoms with van der Waals surface area (Å²) in [6.45, 7) is 0.544. The number of nitrogen functional groups attached to an aromatic ring is 1. The van der Waals surface area contributed by atoms with Crippen molar-refractivity contribution in [2.45, 2.75) is 6.42 Å². The van der Waals surface area contributed by atoms with E-state index in [1.165, 1.54) is 0 Å². The van der Waals surface area contributed by atoms with Crippen molar-refractivity contribution < 1.29 is 4.79 Å². The lowest BCUT2D eigenvalue weighted by molar-refractivity contribution is 0.0953. The molecule has 0 aliphatic heterocycles. The van der Waals surface area contributed by atoms with Crippen LogP contribution < -0.4 is 11.1 Å². The Morgan fingerprint density at radius 1 is 1.50 bits per heavy atom. The zero-order valence-electron chi connectivity index (χ0n) is 9.61. The fourth-order valence-corrected chi connectivity index (χ4v) is 1.97. The van der Waals surface area contributed by atoms with Gasteiger partial charge in [0.05, 0.1) is 11.9 Å². The van der Waals surface area contributed by atoms with Gasteiger partial charge in [0, 0.05) is 35.0 Å². The molecular formula is C12H13BrN4O. The minimum Gasteiger partial charge on any atom is -0.399 e. The predicted octanol–water partition coefficient (Wildman–Crippen LogP) is 1.73. The summed E-state index contributed by atoms with van der Waals surface area (Å²) < 4.78 is 0.732. The highest BCUT2D eigenvalue weighted by molar-refractivity contribution is 9.10. The summed E-state index contributed by atoms with van der Waals surface area (Å²) in [5.74, 6) is -0.145.